The van der Waals surface area contributed by atoms with Gasteiger partial charge in [0.15, 0.2) is 11.5 Å². The summed E-state index contributed by atoms with van der Waals surface area (Å²) in [5.74, 6) is -0.0412. The van der Waals surface area contributed by atoms with Gasteiger partial charge in [0.25, 0.3) is 0 Å². The fourth-order valence-corrected chi connectivity index (χ4v) is 3.11. The number of hydrogen-bond acceptors (Lipinski definition) is 5. The number of nitrogens with zero attached hydrogens (tertiary/aromatic N) is 1. The van der Waals surface area contributed by atoms with Gasteiger partial charge in [-0.1, -0.05) is 28.1 Å². The first-order valence-corrected chi connectivity index (χ1v) is 11.1. The molecule has 3 aromatic rings. The summed E-state index contributed by atoms with van der Waals surface area (Å²) in [4.78, 5) is 23.9. The molecule has 0 aliphatic heterocycles. The van der Waals surface area contributed by atoms with Crippen molar-refractivity contribution in [1.82, 2.24) is 5.43 Å². The Bertz CT molecular complexity index is 1150. The van der Waals surface area contributed by atoms with Gasteiger partial charge in [0.1, 0.15) is 12.4 Å². The predicted octanol–water partition coefficient (Wildman–Crippen LogP) is 5.04. The number of amides is 2. The zero-order valence-electron chi connectivity index (χ0n) is 18.4. The monoisotopic (exact) mass is 527 g/mol. The third-order valence-electron chi connectivity index (χ3n) is 4.61. The fourth-order valence-electron chi connectivity index (χ4n) is 2.84. The Hall–Kier alpha value is -3.72. The molecule has 0 heterocycles. The number of anilines is 1. The number of carbonyl (C=O) groups is 2. The Kier molecular flexibility index (Phi) is 9.16. The van der Waals surface area contributed by atoms with Crippen molar-refractivity contribution in [1.29, 1.82) is 0 Å². The van der Waals surface area contributed by atoms with Crippen LogP contribution < -0.4 is 20.2 Å². The van der Waals surface area contributed by atoms with Crippen LogP contribution in [0.2, 0.25) is 0 Å². The maximum Gasteiger partial charge on any atom is 0.240 e. The summed E-state index contributed by atoms with van der Waals surface area (Å²) in [5.41, 5.74) is 4.56. The Labute approximate surface area is 205 Å². The molecule has 34 heavy (non-hydrogen) atoms. The number of hydrazone groups is 1. The van der Waals surface area contributed by atoms with Crippen molar-refractivity contribution in [3.63, 3.8) is 0 Å². The quantitative estimate of drug-likeness (QED) is 0.285. The number of benzene rings is 3. The SMILES string of the molecule is COc1cc(C=NNC(=O)CCC(=O)Nc2ccc(F)cc2)ccc1OCc1ccc(Br)cc1. The Morgan fingerprint density at radius 1 is 0.971 bits per heavy atom. The van der Waals surface area contributed by atoms with Gasteiger partial charge in [0.2, 0.25) is 11.8 Å². The molecule has 0 atom stereocenters. The van der Waals surface area contributed by atoms with Crippen molar-refractivity contribution in [3.8, 4) is 11.5 Å². The van der Waals surface area contributed by atoms with Gasteiger partial charge in [-0.3, -0.25) is 9.59 Å². The van der Waals surface area contributed by atoms with Gasteiger partial charge in [-0.05, 0) is 65.7 Å². The second-order valence-electron chi connectivity index (χ2n) is 7.17. The van der Waals surface area contributed by atoms with Crippen molar-refractivity contribution in [3.05, 3.63) is 88.1 Å². The van der Waals surface area contributed by atoms with Gasteiger partial charge in [-0.15, -0.1) is 0 Å². The van der Waals surface area contributed by atoms with E-state index in [0.717, 1.165) is 10.0 Å². The number of hydrogen-bond donors (Lipinski definition) is 2. The van der Waals surface area contributed by atoms with E-state index in [-0.39, 0.29) is 18.7 Å². The second kappa shape index (κ2) is 12.5. The lowest BCUT2D eigenvalue weighted by Crippen LogP contribution is -2.20. The normalized spacial score (nSPS) is 10.7. The maximum atomic E-state index is 12.9. The van der Waals surface area contributed by atoms with E-state index in [1.807, 2.05) is 24.3 Å². The Balaban J connectivity index is 1.45. The van der Waals surface area contributed by atoms with Crippen LogP contribution in [0.4, 0.5) is 10.1 Å². The van der Waals surface area contributed by atoms with Gasteiger partial charge < -0.3 is 14.8 Å². The van der Waals surface area contributed by atoms with E-state index >= 15 is 0 Å². The van der Waals surface area contributed by atoms with Crippen LogP contribution in [-0.2, 0) is 16.2 Å². The molecule has 0 radical (unpaired) electrons. The first kappa shape index (κ1) is 24.9. The smallest absolute Gasteiger partial charge is 0.240 e. The minimum absolute atomic E-state index is 0.0308. The van der Waals surface area contributed by atoms with Gasteiger partial charge in [-0.25, -0.2) is 9.82 Å². The molecule has 0 fully saturated rings. The van der Waals surface area contributed by atoms with Gasteiger partial charge in [0.05, 0.1) is 13.3 Å². The van der Waals surface area contributed by atoms with Crippen LogP contribution in [0.1, 0.15) is 24.0 Å². The molecule has 0 spiro atoms. The number of ether oxygens (including phenoxy) is 2. The number of rotatable bonds is 10. The van der Waals surface area contributed by atoms with E-state index in [9.17, 15) is 14.0 Å². The van der Waals surface area contributed by atoms with Gasteiger partial charge >= 0.3 is 0 Å². The highest BCUT2D eigenvalue weighted by Gasteiger charge is 2.08. The molecule has 2 N–H and O–H groups in total. The summed E-state index contributed by atoms with van der Waals surface area (Å²) in [6.45, 7) is 0.391. The molecule has 0 saturated heterocycles. The zero-order chi connectivity index (χ0) is 24.3. The first-order valence-electron chi connectivity index (χ1n) is 10.4. The van der Waals surface area contributed by atoms with Crippen LogP contribution in [0.5, 0.6) is 11.5 Å². The standard InChI is InChI=1S/C25H23BrFN3O4/c1-33-23-14-18(4-11-22(23)34-16-17-2-5-19(26)6-3-17)15-28-30-25(32)13-12-24(31)29-21-9-7-20(27)8-10-21/h2-11,14-15H,12-13,16H2,1H3,(H,29,31)(H,30,32). The van der Waals surface area contributed by atoms with Crippen molar-refractivity contribution in [2.24, 2.45) is 5.10 Å². The lowest BCUT2D eigenvalue weighted by Gasteiger charge is -2.11. The molecule has 0 bridgehead atoms. The average molecular weight is 528 g/mol. The Morgan fingerprint density at radius 3 is 2.38 bits per heavy atom. The number of carbonyl (C=O) groups excluding carboxylic acids is 2. The molecule has 0 aliphatic carbocycles. The van der Waals surface area contributed by atoms with Crippen LogP contribution in [0.15, 0.2) is 76.3 Å². The topological polar surface area (TPSA) is 89.0 Å². The average Bonchev–Trinajstić information content (AvgIpc) is 2.84. The first-order chi connectivity index (χ1) is 16.4. The highest BCUT2D eigenvalue weighted by molar-refractivity contribution is 9.10. The Morgan fingerprint density at radius 2 is 1.68 bits per heavy atom. The summed E-state index contributed by atoms with van der Waals surface area (Å²) in [6, 6.07) is 18.5. The molecule has 0 saturated carbocycles. The van der Waals surface area contributed by atoms with Gasteiger partial charge in [0, 0.05) is 23.0 Å². The largest absolute Gasteiger partial charge is 0.493 e. The molecule has 0 aliphatic rings. The predicted molar refractivity (Wildman–Crippen MR) is 131 cm³/mol. The van der Waals surface area contributed by atoms with E-state index in [4.69, 9.17) is 9.47 Å². The number of nitrogens with one attached hydrogen (secondary N) is 2. The van der Waals surface area contributed by atoms with E-state index in [0.29, 0.717) is 29.4 Å². The summed E-state index contributed by atoms with van der Waals surface area (Å²) in [5, 5.41) is 6.52. The van der Waals surface area contributed by atoms with E-state index in [1.54, 1.807) is 25.3 Å². The van der Waals surface area contributed by atoms with Crippen LogP contribution >= 0.6 is 15.9 Å². The highest BCUT2D eigenvalue weighted by Crippen LogP contribution is 2.28. The van der Waals surface area contributed by atoms with Crippen LogP contribution in [0, 0.1) is 5.82 Å². The summed E-state index contributed by atoms with van der Waals surface area (Å²) in [7, 11) is 1.54. The van der Waals surface area contributed by atoms with E-state index in [1.165, 1.54) is 30.5 Å². The summed E-state index contributed by atoms with van der Waals surface area (Å²) >= 11 is 3.40. The van der Waals surface area contributed by atoms with Crippen molar-refractivity contribution >= 4 is 39.6 Å². The highest BCUT2D eigenvalue weighted by atomic mass is 79.9. The van der Waals surface area contributed by atoms with Crippen LogP contribution in [0.25, 0.3) is 0 Å². The van der Waals surface area contributed by atoms with E-state index < -0.39 is 11.7 Å². The van der Waals surface area contributed by atoms with Crippen molar-refractivity contribution in [2.45, 2.75) is 19.4 Å². The minimum atomic E-state index is -0.410. The summed E-state index contributed by atoms with van der Waals surface area (Å²) < 4.78 is 25.1. The van der Waals surface area contributed by atoms with E-state index in [2.05, 4.69) is 31.8 Å². The molecule has 0 unspecified atom stereocenters. The zero-order valence-corrected chi connectivity index (χ0v) is 20.0. The third-order valence-corrected chi connectivity index (χ3v) is 5.13. The molecule has 9 heteroatoms. The lowest BCUT2D eigenvalue weighted by molar-refractivity contribution is -0.124. The fraction of sp³-hybridized carbons (Fsp3) is 0.160. The number of methoxy groups -OCH3 is 1. The molecule has 2 amide bonds. The van der Waals surface area contributed by atoms with Crippen LogP contribution in [0.3, 0.4) is 0 Å². The van der Waals surface area contributed by atoms with Gasteiger partial charge in [-0.2, -0.15) is 5.10 Å². The molecule has 7 nitrogen and oxygen atoms in total. The maximum absolute atomic E-state index is 12.9. The molecule has 3 aromatic carbocycles. The molecular weight excluding hydrogens is 505 g/mol. The minimum Gasteiger partial charge on any atom is -0.493 e. The molecule has 176 valence electrons. The molecule has 3 rings (SSSR count). The van der Waals surface area contributed by atoms with Crippen molar-refractivity contribution in [2.75, 3.05) is 12.4 Å². The van der Waals surface area contributed by atoms with Crippen molar-refractivity contribution < 1.29 is 23.5 Å². The molecular formula is C25H23BrFN3O4. The summed E-state index contributed by atoms with van der Waals surface area (Å²) in [6.07, 6.45) is 1.39. The lowest BCUT2D eigenvalue weighted by atomic mass is 10.2. The molecule has 0 aromatic heterocycles. The third kappa shape index (κ3) is 8.00. The number of halogens is 2. The second-order valence-corrected chi connectivity index (χ2v) is 8.09. The van der Waals surface area contributed by atoms with Crippen LogP contribution in [-0.4, -0.2) is 25.1 Å².